The number of esters is 1. The first kappa shape index (κ1) is 15.0. The Kier molecular flexibility index (Phi) is 4.55. The van der Waals surface area contributed by atoms with Crippen molar-refractivity contribution in [2.24, 2.45) is 0 Å². The first-order valence-electron chi connectivity index (χ1n) is 6.12. The molecule has 0 bridgehead atoms. The van der Waals surface area contributed by atoms with E-state index in [2.05, 4.69) is 15.0 Å². The number of nitrogens with zero attached hydrogens (tertiary/aromatic N) is 1. The Morgan fingerprint density at radius 1 is 1.19 bits per heavy atom. The minimum Gasteiger partial charge on any atom is -0.465 e. The highest BCUT2D eigenvalue weighted by molar-refractivity contribution is 6.34. The number of ether oxygens (including phenoxy) is 1. The van der Waals surface area contributed by atoms with E-state index in [4.69, 9.17) is 11.6 Å². The number of halogens is 1. The summed E-state index contributed by atoms with van der Waals surface area (Å²) in [6.45, 7) is 1.84. The van der Waals surface area contributed by atoms with Gasteiger partial charge in [0.2, 0.25) is 0 Å². The van der Waals surface area contributed by atoms with Crippen LogP contribution in [0, 0.1) is 6.92 Å². The van der Waals surface area contributed by atoms with Gasteiger partial charge in [0, 0.05) is 12.4 Å². The van der Waals surface area contributed by atoms with Crippen LogP contribution < -0.4 is 5.32 Å². The molecule has 0 fully saturated rings. The molecule has 21 heavy (non-hydrogen) atoms. The summed E-state index contributed by atoms with van der Waals surface area (Å²) < 4.78 is 4.63. The first-order chi connectivity index (χ1) is 10.0. The number of amides is 1. The van der Waals surface area contributed by atoms with Crippen molar-refractivity contribution < 1.29 is 14.3 Å². The van der Waals surface area contributed by atoms with E-state index in [0.717, 1.165) is 5.56 Å². The number of hydrogen-bond donors (Lipinski definition) is 1. The maximum absolute atomic E-state index is 12.1. The van der Waals surface area contributed by atoms with Crippen LogP contribution >= 0.6 is 11.6 Å². The summed E-state index contributed by atoms with van der Waals surface area (Å²) in [4.78, 5) is 27.6. The Hall–Kier alpha value is -2.40. The molecule has 0 unspecified atom stereocenters. The second kappa shape index (κ2) is 6.37. The van der Waals surface area contributed by atoms with Crippen LogP contribution in [0.15, 0.2) is 36.7 Å². The Morgan fingerprint density at radius 3 is 2.62 bits per heavy atom. The lowest BCUT2D eigenvalue weighted by atomic mass is 10.1. The summed E-state index contributed by atoms with van der Waals surface area (Å²) in [5.41, 5.74) is 1.93. The van der Waals surface area contributed by atoms with Crippen molar-refractivity contribution in [3.05, 3.63) is 58.4 Å². The number of nitrogens with one attached hydrogen (secondary N) is 1. The summed E-state index contributed by atoms with van der Waals surface area (Å²) in [6, 6.07) is 6.23. The number of benzene rings is 1. The Labute approximate surface area is 126 Å². The maximum atomic E-state index is 12.1. The summed E-state index contributed by atoms with van der Waals surface area (Å²) in [5, 5.41) is 2.98. The fourth-order valence-corrected chi connectivity index (χ4v) is 1.90. The van der Waals surface area contributed by atoms with Crippen molar-refractivity contribution in [1.29, 1.82) is 0 Å². The average molecular weight is 305 g/mol. The molecule has 2 aromatic rings. The van der Waals surface area contributed by atoms with Gasteiger partial charge in [-0.25, -0.2) is 4.79 Å². The predicted molar refractivity (Wildman–Crippen MR) is 79.7 cm³/mol. The van der Waals surface area contributed by atoms with Crippen LogP contribution in [0.5, 0.6) is 0 Å². The molecule has 0 saturated heterocycles. The summed E-state index contributed by atoms with van der Waals surface area (Å²) in [6.07, 6.45) is 3.11. The largest absolute Gasteiger partial charge is 0.465 e. The van der Waals surface area contributed by atoms with Crippen molar-refractivity contribution in [3.8, 4) is 0 Å². The second-order valence-electron chi connectivity index (χ2n) is 4.39. The van der Waals surface area contributed by atoms with E-state index in [1.54, 1.807) is 12.3 Å². The normalized spacial score (nSPS) is 10.0. The van der Waals surface area contributed by atoms with Gasteiger partial charge < -0.3 is 10.1 Å². The molecule has 5 nitrogen and oxygen atoms in total. The van der Waals surface area contributed by atoms with Crippen LogP contribution in [-0.4, -0.2) is 24.0 Å². The summed E-state index contributed by atoms with van der Waals surface area (Å²) in [5.74, 6) is -0.852. The highest BCUT2D eigenvalue weighted by atomic mass is 35.5. The van der Waals surface area contributed by atoms with Gasteiger partial charge in [0.1, 0.15) is 0 Å². The summed E-state index contributed by atoms with van der Waals surface area (Å²) >= 11 is 6.02. The number of pyridine rings is 1. The standard InChI is InChI=1S/C15H13ClN2O3/c1-9-5-11(8-17-7-9)14(19)18-13-6-10(15(20)21-2)3-4-12(13)16/h3-8H,1-2H3,(H,18,19). The molecule has 1 amide bonds. The highest BCUT2D eigenvalue weighted by Crippen LogP contribution is 2.24. The third-order valence-electron chi connectivity index (χ3n) is 2.77. The zero-order chi connectivity index (χ0) is 15.4. The fourth-order valence-electron chi connectivity index (χ4n) is 1.74. The zero-order valence-electron chi connectivity index (χ0n) is 11.5. The molecule has 1 aromatic carbocycles. The van der Waals surface area contributed by atoms with Crippen molar-refractivity contribution in [3.63, 3.8) is 0 Å². The van der Waals surface area contributed by atoms with Gasteiger partial charge in [-0.05, 0) is 36.8 Å². The molecule has 2 rings (SSSR count). The first-order valence-corrected chi connectivity index (χ1v) is 6.50. The highest BCUT2D eigenvalue weighted by Gasteiger charge is 2.12. The molecule has 0 atom stereocenters. The van der Waals surface area contributed by atoms with Crippen LogP contribution in [-0.2, 0) is 4.74 Å². The van der Waals surface area contributed by atoms with Crippen LogP contribution in [0.2, 0.25) is 5.02 Å². The molecule has 1 N–H and O–H groups in total. The van der Waals surface area contributed by atoms with Crippen LogP contribution in [0.3, 0.4) is 0 Å². The molecule has 1 heterocycles. The van der Waals surface area contributed by atoms with Gasteiger partial charge >= 0.3 is 5.97 Å². The molecule has 0 radical (unpaired) electrons. The van der Waals surface area contributed by atoms with E-state index in [9.17, 15) is 9.59 Å². The maximum Gasteiger partial charge on any atom is 0.337 e. The lowest BCUT2D eigenvalue weighted by Crippen LogP contribution is -2.13. The van der Waals surface area contributed by atoms with E-state index in [1.807, 2.05) is 6.92 Å². The number of carbonyl (C=O) groups excluding carboxylic acids is 2. The van der Waals surface area contributed by atoms with Crippen LogP contribution in [0.4, 0.5) is 5.69 Å². The minimum atomic E-state index is -0.501. The second-order valence-corrected chi connectivity index (χ2v) is 4.80. The number of rotatable bonds is 3. The van der Waals surface area contributed by atoms with Crippen LogP contribution in [0.25, 0.3) is 0 Å². The van der Waals surface area contributed by atoms with Gasteiger partial charge in [0.05, 0.1) is 28.9 Å². The molecular formula is C15H13ClN2O3. The zero-order valence-corrected chi connectivity index (χ0v) is 12.3. The van der Waals surface area contributed by atoms with Gasteiger partial charge in [-0.3, -0.25) is 9.78 Å². The molecule has 108 valence electrons. The third kappa shape index (κ3) is 3.58. The fraction of sp³-hybridized carbons (Fsp3) is 0.133. The Balaban J connectivity index is 2.26. The average Bonchev–Trinajstić information content (AvgIpc) is 2.48. The molecule has 0 aliphatic carbocycles. The van der Waals surface area contributed by atoms with E-state index < -0.39 is 5.97 Å². The van der Waals surface area contributed by atoms with E-state index in [1.165, 1.54) is 31.5 Å². The molecule has 0 aliphatic rings. The topological polar surface area (TPSA) is 68.3 Å². The number of aryl methyl sites for hydroxylation is 1. The number of methoxy groups -OCH3 is 1. The Bertz CT molecular complexity index is 701. The van der Waals surface area contributed by atoms with E-state index >= 15 is 0 Å². The van der Waals surface area contributed by atoms with Gasteiger partial charge in [-0.2, -0.15) is 0 Å². The molecule has 0 aliphatic heterocycles. The number of aromatic nitrogens is 1. The van der Waals surface area contributed by atoms with Crippen molar-refractivity contribution in [2.75, 3.05) is 12.4 Å². The van der Waals surface area contributed by atoms with Gasteiger partial charge in [-0.1, -0.05) is 11.6 Å². The van der Waals surface area contributed by atoms with E-state index in [-0.39, 0.29) is 5.91 Å². The molecule has 1 aromatic heterocycles. The molecular weight excluding hydrogens is 292 g/mol. The van der Waals surface area contributed by atoms with Crippen LogP contribution in [0.1, 0.15) is 26.3 Å². The number of anilines is 1. The third-order valence-corrected chi connectivity index (χ3v) is 3.10. The van der Waals surface area contributed by atoms with Crippen molar-refractivity contribution in [2.45, 2.75) is 6.92 Å². The quantitative estimate of drug-likeness (QED) is 0.885. The lowest BCUT2D eigenvalue weighted by Gasteiger charge is -2.09. The van der Waals surface area contributed by atoms with E-state index in [0.29, 0.717) is 21.8 Å². The number of hydrogen-bond acceptors (Lipinski definition) is 4. The molecule has 6 heteroatoms. The minimum absolute atomic E-state index is 0.305. The van der Waals surface area contributed by atoms with Gasteiger partial charge in [0.25, 0.3) is 5.91 Å². The smallest absolute Gasteiger partial charge is 0.337 e. The predicted octanol–water partition coefficient (Wildman–Crippen LogP) is 3.08. The summed E-state index contributed by atoms with van der Waals surface area (Å²) in [7, 11) is 1.29. The molecule has 0 spiro atoms. The van der Waals surface area contributed by atoms with Crippen molar-refractivity contribution >= 4 is 29.2 Å². The SMILES string of the molecule is COC(=O)c1ccc(Cl)c(NC(=O)c2cncc(C)c2)c1. The lowest BCUT2D eigenvalue weighted by molar-refractivity contribution is 0.0600. The molecule has 0 saturated carbocycles. The van der Waals surface area contributed by atoms with Gasteiger partial charge in [-0.15, -0.1) is 0 Å². The Morgan fingerprint density at radius 2 is 1.95 bits per heavy atom. The monoisotopic (exact) mass is 304 g/mol. The van der Waals surface area contributed by atoms with Crippen molar-refractivity contribution in [1.82, 2.24) is 4.98 Å². The number of carbonyl (C=O) groups is 2. The van der Waals surface area contributed by atoms with Gasteiger partial charge in [0.15, 0.2) is 0 Å².